The third-order valence-corrected chi connectivity index (χ3v) is 15.1. The number of nitrogens with zero attached hydrogens (tertiary/aromatic N) is 6. The van der Waals surface area contributed by atoms with Crippen molar-refractivity contribution in [2.75, 3.05) is 73.8 Å². The summed E-state index contributed by atoms with van der Waals surface area (Å²) in [5, 5.41) is 11.9. The van der Waals surface area contributed by atoms with Crippen molar-refractivity contribution in [2.24, 2.45) is 11.3 Å². The molecular formula is C53H57FN10O8. The lowest BCUT2D eigenvalue weighted by atomic mass is 9.88. The lowest BCUT2D eigenvalue weighted by Gasteiger charge is -2.45. The van der Waals surface area contributed by atoms with Crippen LogP contribution in [0.15, 0.2) is 85.2 Å². The number of carbonyl (C=O) groups is 6. The molecule has 5 aliphatic rings. The summed E-state index contributed by atoms with van der Waals surface area (Å²) in [6.45, 7) is 10.3. The zero-order valence-electron chi connectivity index (χ0n) is 40.4. The fraction of sp³-hybridized carbons (Fsp3) is 0.396. The number of halogens is 1. The molecule has 374 valence electrons. The summed E-state index contributed by atoms with van der Waals surface area (Å²) in [5.41, 5.74) is 1.87. The molecule has 0 bridgehead atoms. The first kappa shape index (κ1) is 48.1. The number of piperazine rings is 1. The number of hydrogen-bond acceptors (Lipinski definition) is 14. The minimum absolute atomic E-state index is 0.0552. The lowest BCUT2D eigenvalue weighted by molar-refractivity contribution is -0.136. The summed E-state index contributed by atoms with van der Waals surface area (Å²) in [6, 6.07) is 19.2. The second-order valence-corrected chi connectivity index (χ2v) is 19.4. The molecule has 1 unspecified atom stereocenters. The van der Waals surface area contributed by atoms with Gasteiger partial charge in [0.15, 0.2) is 0 Å². The van der Waals surface area contributed by atoms with E-state index in [0.29, 0.717) is 60.0 Å². The van der Waals surface area contributed by atoms with E-state index < -0.39 is 52.7 Å². The normalized spacial score (nSPS) is 20.1. The molecule has 4 aliphatic heterocycles. The lowest BCUT2D eigenvalue weighted by Crippen LogP contribution is -2.55. The number of aromatic nitrogens is 2. The van der Waals surface area contributed by atoms with Crippen LogP contribution in [0.3, 0.4) is 0 Å². The van der Waals surface area contributed by atoms with Crippen LogP contribution in [0.1, 0.15) is 73.1 Å². The van der Waals surface area contributed by atoms with Gasteiger partial charge in [-0.05, 0) is 125 Å². The molecule has 0 radical (unpaired) electrons. The molecule has 19 heteroatoms. The predicted molar refractivity (Wildman–Crippen MR) is 267 cm³/mol. The molecule has 4 N–H and O–H groups in total. The smallest absolute Gasteiger partial charge is 0.266 e. The molecule has 10 rings (SSSR count). The fourth-order valence-corrected chi connectivity index (χ4v) is 10.5. The van der Waals surface area contributed by atoms with E-state index >= 15 is 0 Å². The number of nitrogens with one attached hydrogen (secondary N) is 4. The maximum Gasteiger partial charge on any atom is 0.266 e. The van der Waals surface area contributed by atoms with Crippen LogP contribution in [0.2, 0.25) is 0 Å². The Labute approximate surface area is 415 Å². The SMILES string of the molecule is COc1cc2c(Oc3ccc(NC(=O)C4(C(=O)Nc5ccc(F)cc5)CC4)cc3)ccnc2cc1N1CCC([C@@H](C)N2CCN([C@H](C)CNc3nccc4c3C(=O)N(C3CCC(=O)NC3=O)C4=O)CC2)CC1. The minimum Gasteiger partial charge on any atom is -0.495 e. The zero-order chi connectivity index (χ0) is 50.3. The zero-order valence-corrected chi connectivity index (χ0v) is 40.4. The second-order valence-electron chi connectivity index (χ2n) is 19.4. The van der Waals surface area contributed by atoms with Crippen molar-refractivity contribution < 1.29 is 42.6 Å². The Morgan fingerprint density at radius 3 is 2.10 bits per heavy atom. The van der Waals surface area contributed by atoms with Gasteiger partial charge in [0, 0.05) is 93.5 Å². The van der Waals surface area contributed by atoms with Crippen LogP contribution in [0, 0.1) is 17.2 Å². The summed E-state index contributed by atoms with van der Waals surface area (Å²) in [6.07, 6.45) is 6.24. The number of carbonyl (C=O) groups excluding carboxylic acids is 6. The highest BCUT2D eigenvalue weighted by Crippen LogP contribution is 2.48. The standard InChI is InChI=1S/C53H57FN10O8/c1-31(30-57-47-46-38(14-20-56-47)49(67)64(50(46)68)41-12-13-45(65)60-48(41)66)61-24-26-62(27-25-61)32(2)33-16-22-63(23-17-33)42-29-40-39(28-44(42)71-3)43(15-21-55-40)72-37-10-8-36(9-11-37)59-52(70)53(18-19-53)51(69)58-35-6-4-34(54)5-7-35/h4-11,14-15,20-21,28-29,31-33,41H,12-13,16-19,22-27,30H2,1-3H3,(H,56,57)(H,58,69)(H,59,70)(H,60,65,66)/t31-,32-,41?/m1/s1. The number of piperidine rings is 2. The van der Waals surface area contributed by atoms with Gasteiger partial charge in [-0.2, -0.15) is 0 Å². The molecule has 3 saturated heterocycles. The van der Waals surface area contributed by atoms with E-state index in [1.54, 1.807) is 43.6 Å². The average molecular weight is 981 g/mol. The topological polar surface area (TPSA) is 208 Å². The molecular weight excluding hydrogens is 924 g/mol. The van der Waals surface area contributed by atoms with Crippen molar-refractivity contribution >= 4 is 69.2 Å². The highest BCUT2D eigenvalue weighted by Gasteiger charge is 2.56. The Morgan fingerprint density at radius 2 is 1.44 bits per heavy atom. The minimum atomic E-state index is -1.18. The first-order valence-corrected chi connectivity index (χ1v) is 24.6. The van der Waals surface area contributed by atoms with Gasteiger partial charge in [0.1, 0.15) is 40.3 Å². The summed E-state index contributed by atoms with van der Waals surface area (Å²) in [5.74, 6) is -0.738. The van der Waals surface area contributed by atoms with E-state index in [9.17, 15) is 33.2 Å². The van der Waals surface area contributed by atoms with Gasteiger partial charge in [-0.25, -0.2) is 9.37 Å². The maximum absolute atomic E-state index is 13.6. The molecule has 6 amide bonds. The van der Waals surface area contributed by atoms with Gasteiger partial charge in [0.25, 0.3) is 11.8 Å². The van der Waals surface area contributed by atoms with Gasteiger partial charge in [0.2, 0.25) is 23.6 Å². The van der Waals surface area contributed by atoms with Gasteiger partial charge >= 0.3 is 0 Å². The summed E-state index contributed by atoms with van der Waals surface area (Å²) in [4.78, 5) is 94.9. The van der Waals surface area contributed by atoms with Crippen molar-refractivity contribution in [1.29, 1.82) is 0 Å². The molecule has 2 aromatic heterocycles. The Kier molecular flexibility index (Phi) is 13.3. The van der Waals surface area contributed by atoms with Crippen molar-refractivity contribution in [3.8, 4) is 17.2 Å². The number of anilines is 4. The van der Waals surface area contributed by atoms with Crippen LogP contribution in [0.4, 0.5) is 27.3 Å². The molecule has 18 nitrogen and oxygen atoms in total. The van der Waals surface area contributed by atoms with Crippen molar-refractivity contribution in [3.05, 3.63) is 102 Å². The number of amides is 6. The van der Waals surface area contributed by atoms with E-state index in [0.717, 1.165) is 79.3 Å². The van der Waals surface area contributed by atoms with Crippen molar-refractivity contribution in [2.45, 2.75) is 70.5 Å². The molecule has 3 atom stereocenters. The van der Waals surface area contributed by atoms with Crippen LogP contribution in [0.5, 0.6) is 17.2 Å². The summed E-state index contributed by atoms with van der Waals surface area (Å²) < 4.78 is 25.7. The molecule has 0 spiro atoms. The van der Waals surface area contributed by atoms with Gasteiger partial charge < -0.3 is 30.3 Å². The molecule has 1 saturated carbocycles. The number of imide groups is 2. The number of rotatable bonds is 15. The summed E-state index contributed by atoms with van der Waals surface area (Å²) in [7, 11) is 1.67. The summed E-state index contributed by atoms with van der Waals surface area (Å²) >= 11 is 0. The van der Waals surface area contributed by atoms with Crippen LogP contribution >= 0.6 is 0 Å². The molecule has 3 aromatic carbocycles. The Bertz CT molecular complexity index is 2940. The Balaban J connectivity index is 0.701. The first-order chi connectivity index (χ1) is 34.8. The van der Waals surface area contributed by atoms with E-state index in [4.69, 9.17) is 14.5 Å². The maximum atomic E-state index is 13.6. The van der Waals surface area contributed by atoms with Gasteiger partial charge in [-0.15, -0.1) is 0 Å². The third-order valence-electron chi connectivity index (χ3n) is 15.1. The molecule has 1 aliphatic carbocycles. The highest BCUT2D eigenvalue weighted by atomic mass is 19.1. The number of fused-ring (bicyclic) bond motifs is 2. The first-order valence-electron chi connectivity index (χ1n) is 24.6. The second kappa shape index (κ2) is 19.9. The number of pyridine rings is 2. The predicted octanol–water partition coefficient (Wildman–Crippen LogP) is 6.05. The van der Waals surface area contributed by atoms with Crippen LogP contribution in [-0.2, 0) is 19.2 Å². The van der Waals surface area contributed by atoms with Crippen molar-refractivity contribution in [3.63, 3.8) is 0 Å². The van der Waals surface area contributed by atoms with E-state index in [1.807, 2.05) is 6.07 Å². The van der Waals surface area contributed by atoms with Gasteiger partial charge in [-0.1, -0.05) is 0 Å². The van der Waals surface area contributed by atoms with Gasteiger partial charge in [0.05, 0.1) is 29.4 Å². The largest absolute Gasteiger partial charge is 0.495 e. The fourth-order valence-electron chi connectivity index (χ4n) is 10.5. The number of ether oxygens (including phenoxy) is 2. The molecule has 5 aromatic rings. The molecule has 4 fully saturated rings. The van der Waals surface area contributed by atoms with Crippen LogP contribution in [-0.4, -0.2) is 131 Å². The van der Waals surface area contributed by atoms with Crippen LogP contribution < -0.4 is 35.6 Å². The van der Waals surface area contributed by atoms with Gasteiger partial charge in [-0.3, -0.25) is 53.8 Å². The van der Waals surface area contributed by atoms with Crippen molar-refractivity contribution in [1.82, 2.24) is 30.0 Å². The van der Waals surface area contributed by atoms with E-state index in [1.165, 1.54) is 36.5 Å². The molecule has 72 heavy (non-hydrogen) atoms. The monoisotopic (exact) mass is 980 g/mol. The number of hydrogen-bond donors (Lipinski definition) is 4. The number of methoxy groups -OCH3 is 1. The average Bonchev–Trinajstić information content (AvgIpc) is 4.18. The Hall–Kier alpha value is -7.51. The van der Waals surface area contributed by atoms with E-state index in [2.05, 4.69) is 60.9 Å². The Morgan fingerprint density at radius 1 is 0.792 bits per heavy atom. The van der Waals surface area contributed by atoms with E-state index in [-0.39, 0.29) is 30.0 Å². The highest BCUT2D eigenvalue weighted by molar-refractivity contribution is 6.25. The van der Waals surface area contributed by atoms with Crippen LogP contribution in [0.25, 0.3) is 10.9 Å². The molecule has 6 heterocycles. The number of benzene rings is 3. The third kappa shape index (κ3) is 9.53. The quantitative estimate of drug-likeness (QED) is 0.0696.